The number of nitrogens with one attached hydrogen (secondary N) is 2. The number of hydrogen-bond acceptors (Lipinski definition) is 1. The van der Waals surface area contributed by atoms with E-state index >= 15 is 0 Å². The van der Waals surface area contributed by atoms with Gasteiger partial charge in [0.05, 0.1) is 0 Å². The maximum Gasteiger partial charge on any atom is 0.0477 e. The Hall–Kier alpha value is -2.22. The molecule has 1 heterocycles. The Morgan fingerprint density at radius 1 is 0.778 bits per heavy atom. The summed E-state index contributed by atoms with van der Waals surface area (Å²) >= 11 is 0. The van der Waals surface area contributed by atoms with E-state index in [9.17, 15) is 0 Å². The molecule has 0 radical (unpaired) electrons. The Morgan fingerprint density at radius 3 is 2.37 bits per heavy atom. The largest absolute Gasteiger partial charge is 0.361 e. The van der Waals surface area contributed by atoms with Crippen LogP contribution in [0.5, 0.6) is 0 Å². The van der Waals surface area contributed by atoms with Crippen molar-refractivity contribution < 1.29 is 0 Å². The summed E-state index contributed by atoms with van der Waals surface area (Å²) in [6.07, 6.45) is 14.3. The summed E-state index contributed by atoms with van der Waals surface area (Å²) in [5.41, 5.74) is 8.24. The Morgan fingerprint density at radius 2 is 1.52 bits per heavy atom. The van der Waals surface area contributed by atoms with Crippen molar-refractivity contribution >= 4 is 22.3 Å². The van der Waals surface area contributed by atoms with Gasteiger partial charge in [-0.05, 0) is 85.4 Å². The minimum absolute atomic E-state index is 0. The third-order valence-electron chi connectivity index (χ3n) is 6.40. The molecule has 0 aliphatic heterocycles. The molecule has 2 nitrogen and oxygen atoms in total. The van der Waals surface area contributed by atoms with Gasteiger partial charge in [0.1, 0.15) is 0 Å². The van der Waals surface area contributed by atoms with Crippen LogP contribution >= 0.6 is 0 Å². The Labute approximate surface area is 163 Å². The quantitative estimate of drug-likeness (QED) is 0.498. The first-order chi connectivity index (χ1) is 12.9. The van der Waals surface area contributed by atoms with E-state index in [0.29, 0.717) is 0 Å². The van der Waals surface area contributed by atoms with Crippen molar-refractivity contribution in [2.45, 2.75) is 71.1 Å². The van der Waals surface area contributed by atoms with E-state index < -0.39 is 0 Å². The fourth-order valence-corrected chi connectivity index (χ4v) is 4.96. The van der Waals surface area contributed by atoms with Gasteiger partial charge in [-0.1, -0.05) is 38.8 Å². The van der Waals surface area contributed by atoms with Crippen LogP contribution in [0.25, 0.3) is 10.9 Å². The number of benzene rings is 2. The summed E-state index contributed by atoms with van der Waals surface area (Å²) in [7, 11) is 0. The van der Waals surface area contributed by atoms with Crippen LogP contribution in [0.2, 0.25) is 0 Å². The lowest BCUT2D eigenvalue weighted by molar-refractivity contribution is 0.445. The van der Waals surface area contributed by atoms with Gasteiger partial charge in [-0.15, -0.1) is 0 Å². The lowest BCUT2D eigenvalue weighted by atomic mass is 9.84. The Bertz CT molecular complexity index is 915. The summed E-state index contributed by atoms with van der Waals surface area (Å²) in [6, 6.07) is 13.7. The van der Waals surface area contributed by atoms with E-state index in [2.05, 4.69) is 52.9 Å². The van der Waals surface area contributed by atoms with Crippen LogP contribution in [-0.4, -0.2) is 4.98 Å². The normalized spacial score (nSPS) is 17.3. The molecule has 1 saturated carbocycles. The Balaban J connectivity index is 0.00000180. The topological polar surface area (TPSA) is 27.8 Å². The SMILES string of the molecule is C.c1cc2c(cc1Nc1ccc3c(C4CCCCC4)c[nH]c3c1)CCCC2. The summed E-state index contributed by atoms with van der Waals surface area (Å²) in [5, 5.41) is 5.03. The van der Waals surface area contributed by atoms with Gasteiger partial charge in [-0.25, -0.2) is 0 Å². The molecule has 2 heteroatoms. The van der Waals surface area contributed by atoms with Crippen molar-refractivity contribution in [1.29, 1.82) is 0 Å². The summed E-state index contributed by atoms with van der Waals surface area (Å²) < 4.78 is 0. The van der Waals surface area contributed by atoms with E-state index in [4.69, 9.17) is 0 Å². The zero-order valence-corrected chi connectivity index (χ0v) is 15.5. The van der Waals surface area contributed by atoms with Gasteiger partial charge in [0.25, 0.3) is 0 Å². The lowest BCUT2D eigenvalue weighted by Gasteiger charge is -2.21. The maximum atomic E-state index is 3.61. The average molecular weight is 361 g/mol. The van der Waals surface area contributed by atoms with E-state index in [1.807, 2.05) is 0 Å². The summed E-state index contributed by atoms with van der Waals surface area (Å²) in [4.78, 5) is 3.52. The zero-order valence-electron chi connectivity index (χ0n) is 15.5. The highest BCUT2D eigenvalue weighted by Gasteiger charge is 2.18. The van der Waals surface area contributed by atoms with Gasteiger partial charge in [0.2, 0.25) is 0 Å². The first-order valence-corrected chi connectivity index (χ1v) is 10.4. The molecule has 2 N–H and O–H groups in total. The first kappa shape index (κ1) is 18.2. The second kappa shape index (κ2) is 7.80. The van der Waals surface area contributed by atoms with Gasteiger partial charge in [-0.2, -0.15) is 0 Å². The molecule has 2 aliphatic rings. The smallest absolute Gasteiger partial charge is 0.0477 e. The van der Waals surface area contributed by atoms with Crippen LogP contribution in [0.4, 0.5) is 11.4 Å². The fraction of sp³-hybridized carbons (Fsp3) is 0.440. The number of aromatic nitrogens is 1. The lowest BCUT2D eigenvalue weighted by Crippen LogP contribution is -2.03. The highest BCUT2D eigenvalue weighted by molar-refractivity contribution is 5.87. The molecule has 1 aromatic heterocycles. The number of hydrogen-bond donors (Lipinski definition) is 2. The predicted molar refractivity (Wildman–Crippen MR) is 117 cm³/mol. The molecule has 3 aromatic rings. The molecule has 2 aromatic carbocycles. The van der Waals surface area contributed by atoms with E-state index in [-0.39, 0.29) is 7.43 Å². The summed E-state index contributed by atoms with van der Waals surface area (Å²) in [5.74, 6) is 0.747. The van der Waals surface area contributed by atoms with Crippen molar-refractivity contribution in [1.82, 2.24) is 4.98 Å². The van der Waals surface area contributed by atoms with Crippen molar-refractivity contribution in [3.8, 4) is 0 Å². The molecule has 0 amide bonds. The van der Waals surface area contributed by atoms with E-state index in [1.54, 1.807) is 5.56 Å². The van der Waals surface area contributed by atoms with E-state index in [1.165, 1.54) is 91.2 Å². The fourth-order valence-electron chi connectivity index (χ4n) is 4.96. The molecule has 2 aliphatic carbocycles. The third-order valence-corrected chi connectivity index (χ3v) is 6.40. The molecule has 0 atom stereocenters. The van der Waals surface area contributed by atoms with Gasteiger partial charge >= 0.3 is 0 Å². The number of aryl methyl sites for hydroxylation is 2. The van der Waals surface area contributed by atoms with Crippen LogP contribution in [0.1, 0.15) is 75.0 Å². The van der Waals surface area contributed by atoms with Gasteiger partial charge in [0.15, 0.2) is 0 Å². The standard InChI is InChI=1S/C24H28N2.CH4/c1-2-7-18(8-3-1)23-16-25-24-15-21(12-13-22(23)24)26-20-11-10-17-6-4-5-9-19(17)14-20;/h10-16,18,25-26H,1-9H2;1H4. The molecule has 0 saturated heterocycles. The minimum atomic E-state index is 0. The number of anilines is 2. The van der Waals surface area contributed by atoms with Gasteiger partial charge < -0.3 is 10.3 Å². The first-order valence-electron chi connectivity index (χ1n) is 10.4. The molecule has 0 spiro atoms. The number of H-pyrrole nitrogens is 1. The number of fused-ring (bicyclic) bond motifs is 2. The van der Waals surface area contributed by atoms with Crippen molar-refractivity contribution in [3.63, 3.8) is 0 Å². The summed E-state index contributed by atoms with van der Waals surface area (Å²) in [6.45, 7) is 0. The molecule has 27 heavy (non-hydrogen) atoms. The molecular formula is C25H32N2. The second-order valence-corrected chi connectivity index (χ2v) is 8.15. The molecule has 0 bridgehead atoms. The van der Waals surface area contributed by atoms with Crippen LogP contribution in [0, 0.1) is 0 Å². The number of rotatable bonds is 3. The average Bonchev–Trinajstić information content (AvgIpc) is 3.12. The van der Waals surface area contributed by atoms with Gasteiger partial charge in [0, 0.05) is 28.5 Å². The Kier molecular flexibility index (Phi) is 5.24. The molecule has 0 unspecified atom stereocenters. The second-order valence-electron chi connectivity index (χ2n) is 8.15. The van der Waals surface area contributed by atoms with E-state index in [0.717, 1.165) is 5.92 Å². The molecular weight excluding hydrogens is 328 g/mol. The van der Waals surface area contributed by atoms with Crippen molar-refractivity contribution in [2.24, 2.45) is 0 Å². The third kappa shape index (κ3) is 3.63. The monoisotopic (exact) mass is 360 g/mol. The van der Waals surface area contributed by atoms with Gasteiger partial charge in [-0.3, -0.25) is 0 Å². The highest BCUT2D eigenvalue weighted by atomic mass is 14.9. The number of aromatic amines is 1. The van der Waals surface area contributed by atoms with Crippen molar-refractivity contribution in [3.05, 3.63) is 59.3 Å². The van der Waals surface area contributed by atoms with Crippen LogP contribution in [-0.2, 0) is 12.8 Å². The van der Waals surface area contributed by atoms with Crippen LogP contribution in [0.15, 0.2) is 42.6 Å². The molecule has 5 rings (SSSR count). The van der Waals surface area contributed by atoms with Crippen LogP contribution in [0.3, 0.4) is 0 Å². The minimum Gasteiger partial charge on any atom is -0.361 e. The molecule has 1 fully saturated rings. The molecule has 142 valence electrons. The van der Waals surface area contributed by atoms with Crippen LogP contribution < -0.4 is 5.32 Å². The highest BCUT2D eigenvalue weighted by Crippen LogP contribution is 2.37. The zero-order chi connectivity index (χ0) is 17.3. The predicted octanol–water partition coefficient (Wildman–Crippen LogP) is 7.47. The maximum absolute atomic E-state index is 3.61. The van der Waals surface area contributed by atoms with Crippen molar-refractivity contribution in [2.75, 3.05) is 5.32 Å².